The summed E-state index contributed by atoms with van der Waals surface area (Å²) in [5.74, 6) is 1.15. The molecule has 0 unspecified atom stereocenters. The van der Waals surface area contributed by atoms with Crippen molar-refractivity contribution in [2.75, 3.05) is 14.2 Å². The van der Waals surface area contributed by atoms with Gasteiger partial charge < -0.3 is 19.8 Å². The SMILES string of the molecule is CC[C@@H](C)NC(=O)c1cc2c([nH]c3ccccc32)c(-c2cc(OC)ccc2OC)n1. The van der Waals surface area contributed by atoms with Crippen LogP contribution in [0.4, 0.5) is 0 Å². The fraction of sp³-hybridized carbons (Fsp3) is 0.250. The number of hydrogen-bond donors (Lipinski definition) is 2. The van der Waals surface area contributed by atoms with E-state index < -0.39 is 0 Å². The van der Waals surface area contributed by atoms with Gasteiger partial charge in [0.25, 0.3) is 5.91 Å². The average molecular weight is 403 g/mol. The average Bonchev–Trinajstić information content (AvgIpc) is 3.16. The summed E-state index contributed by atoms with van der Waals surface area (Å²) in [6.07, 6.45) is 0.845. The molecule has 1 amide bonds. The fourth-order valence-corrected chi connectivity index (χ4v) is 3.56. The van der Waals surface area contributed by atoms with Gasteiger partial charge in [-0.25, -0.2) is 4.98 Å². The van der Waals surface area contributed by atoms with Gasteiger partial charge in [0.15, 0.2) is 0 Å². The van der Waals surface area contributed by atoms with E-state index in [1.165, 1.54) is 0 Å². The van der Waals surface area contributed by atoms with E-state index in [9.17, 15) is 4.79 Å². The van der Waals surface area contributed by atoms with Gasteiger partial charge in [0.05, 0.1) is 25.4 Å². The molecule has 0 aliphatic carbocycles. The number of nitrogens with one attached hydrogen (secondary N) is 2. The summed E-state index contributed by atoms with van der Waals surface area (Å²) < 4.78 is 11.0. The lowest BCUT2D eigenvalue weighted by molar-refractivity contribution is 0.0934. The van der Waals surface area contributed by atoms with Crippen molar-refractivity contribution in [3.05, 3.63) is 54.2 Å². The van der Waals surface area contributed by atoms with E-state index in [1.54, 1.807) is 14.2 Å². The lowest BCUT2D eigenvalue weighted by Gasteiger charge is -2.14. The van der Waals surface area contributed by atoms with E-state index in [4.69, 9.17) is 14.5 Å². The minimum Gasteiger partial charge on any atom is -0.497 e. The first kappa shape index (κ1) is 19.8. The highest BCUT2D eigenvalue weighted by molar-refractivity contribution is 6.13. The topological polar surface area (TPSA) is 76.2 Å². The molecule has 2 aromatic carbocycles. The Bertz CT molecular complexity index is 1230. The van der Waals surface area contributed by atoms with Crippen LogP contribution in [-0.2, 0) is 0 Å². The van der Waals surface area contributed by atoms with Gasteiger partial charge >= 0.3 is 0 Å². The molecule has 30 heavy (non-hydrogen) atoms. The van der Waals surface area contributed by atoms with Crippen LogP contribution in [0.15, 0.2) is 48.5 Å². The summed E-state index contributed by atoms with van der Waals surface area (Å²) in [6.45, 7) is 4.02. The van der Waals surface area contributed by atoms with Gasteiger partial charge in [-0.15, -0.1) is 0 Å². The van der Waals surface area contributed by atoms with Crippen molar-refractivity contribution in [1.29, 1.82) is 0 Å². The van der Waals surface area contributed by atoms with Crippen molar-refractivity contribution in [2.45, 2.75) is 26.3 Å². The summed E-state index contributed by atoms with van der Waals surface area (Å²) in [6, 6.07) is 15.5. The maximum Gasteiger partial charge on any atom is 0.270 e. The molecule has 0 saturated carbocycles. The number of hydrogen-bond acceptors (Lipinski definition) is 4. The maximum atomic E-state index is 12.9. The van der Waals surface area contributed by atoms with E-state index in [0.29, 0.717) is 22.9 Å². The molecule has 2 aromatic heterocycles. The second kappa shape index (κ2) is 8.06. The number of methoxy groups -OCH3 is 2. The Labute approximate surface area is 175 Å². The number of aromatic amines is 1. The van der Waals surface area contributed by atoms with E-state index in [0.717, 1.165) is 33.8 Å². The van der Waals surface area contributed by atoms with E-state index in [1.807, 2.05) is 62.4 Å². The van der Waals surface area contributed by atoms with Crippen LogP contribution in [0.2, 0.25) is 0 Å². The lowest BCUT2D eigenvalue weighted by Crippen LogP contribution is -2.32. The van der Waals surface area contributed by atoms with Gasteiger partial charge in [0.1, 0.15) is 17.2 Å². The Morgan fingerprint density at radius 3 is 2.63 bits per heavy atom. The highest BCUT2D eigenvalue weighted by Gasteiger charge is 2.20. The fourth-order valence-electron chi connectivity index (χ4n) is 3.56. The highest BCUT2D eigenvalue weighted by Crippen LogP contribution is 2.38. The minimum absolute atomic E-state index is 0.0628. The predicted octanol–water partition coefficient (Wildman–Crippen LogP) is 4.93. The van der Waals surface area contributed by atoms with Crippen LogP contribution in [0.25, 0.3) is 33.1 Å². The number of amides is 1. The monoisotopic (exact) mass is 403 g/mol. The predicted molar refractivity (Wildman–Crippen MR) is 119 cm³/mol. The largest absolute Gasteiger partial charge is 0.497 e. The van der Waals surface area contributed by atoms with Crippen LogP contribution in [0, 0.1) is 0 Å². The molecule has 4 rings (SSSR count). The zero-order valence-corrected chi connectivity index (χ0v) is 17.6. The van der Waals surface area contributed by atoms with Gasteiger partial charge in [-0.1, -0.05) is 25.1 Å². The van der Waals surface area contributed by atoms with Crippen molar-refractivity contribution in [2.24, 2.45) is 0 Å². The molecular formula is C24H25N3O3. The molecule has 0 radical (unpaired) electrons. The number of pyridine rings is 1. The molecule has 6 heteroatoms. The second-order valence-corrected chi connectivity index (χ2v) is 7.30. The summed E-state index contributed by atoms with van der Waals surface area (Å²) in [5.41, 5.74) is 3.60. The smallest absolute Gasteiger partial charge is 0.270 e. The molecule has 2 heterocycles. The molecule has 154 valence electrons. The molecule has 0 aliphatic rings. The van der Waals surface area contributed by atoms with Crippen LogP contribution in [0.3, 0.4) is 0 Å². The normalized spacial score (nSPS) is 12.1. The Balaban J connectivity index is 2.01. The van der Waals surface area contributed by atoms with Gasteiger partial charge in [-0.2, -0.15) is 0 Å². The van der Waals surface area contributed by atoms with E-state index in [-0.39, 0.29) is 11.9 Å². The number of carbonyl (C=O) groups excluding carboxylic acids is 1. The first-order chi connectivity index (χ1) is 14.5. The summed E-state index contributed by atoms with van der Waals surface area (Å²) in [7, 11) is 3.24. The first-order valence-corrected chi connectivity index (χ1v) is 10.0. The molecule has 0 bridgehead atoms. The van der Waals surface area contributed by atoms with E-state index >= 15 is 0 Å². The van der Waals surface area contributed by atoms with Gasteiger partial charge in [0, 0.05) is 27.9 Å². The summed E-state index contributed by atoms with van der Waals surface area (Å²) >= 11 is 0. The lowest BCUT2D eigenvalue weighted by atomic mass is 10.0. The number of fused-ring (bicyclic) bond motifs is 3. The molecule has 0 fully saturated rings. The van der Waals surface area contributed by atoms with Crippen LogP contribution in [0.1, 0.15) is 30.8 Å². The zero-order chi connectivity index (χ0) is 21.3. The molecule has 2 N–H and O–H groups in total. The van der Waals surface area contributed by atoms with Gasteiger partial charge in [-0.3, -0.25) is 4.79 Å². The molecule has 4 aromatic rings. The standard InChI is InChI=1S/C24H25N3O3/c1-5-14(2)25-24(28)20-13-17-16-8-6-7-9-19(16)26-22(17)23(27-20)18-12-15(29-3)10-11-21(18)30-4/h6-14,26H,5H2,1-4H3,(H,25,28)/t14-/m1/s1. The van der Waals surface area contributed by atoms with Crippen LogP contribution in [-0.4, -0.2) is 36.1 Å². The number of para-hydroxylation sites is 1. The third kappa shape index (κ3) is 3.45. The number of nitrogens with zero attached hydrogens (tertiary/aromatic N) is 1. The van der Waals surface area contributed by atoms with Crippen molar-refractivity contribution < 1.29 is 14.3 Å². The van der Waals surface area contributed by atoms with Crippen LogP contribution < -0.4 is 14.8 Å². The number of aromatic nitrogens is 2. The highest BCUT2D eigenvalue weighted by atomic mass is 16.5. The molecule has 0 saturated heterocycles. The van der Waals surface area contributed by atoms with E-state index in [2.05, 4.69) is 10.3 Å². The summed E-state index contributed by atoms with van der Waals surface area (Å²) in [5, 5.41) is 4.99. The number of rotatable bonds is 6. The quantitative estimate of drug-likeness (QED) is 0.479. The van der Waals surface area contributed by atoms with Gasteiger partial charge in [0.2, 0.25) is 0 Å². The number of carbonyl (C=O) groups is 1. The Kier molecular flexibility index (Phi) is 5.31. The molecule has 0 aliphatic heterocycles. The molecule has 6 nitrogen and oxygen atoms in total. The minimum atomic E-state index is -0.195. The number of H-pyrrole nitrogens is 1. The van der Waals surface area contributed by atoms with Crippen molar-refractivity contribution >= 4 is 27.7 Å². The second-order valence-electron chi connectivity index (χ2n) is 7.30. The summed E-state index contributed by atoms with van der Waals surface area (Å²) in [4.78, 5) is 21.2. The van der Waals surface area contributed by atoms with Crippen molar-refractivity contribution in [3.63, 3.8) is 0 Å². The Morgan fingerprint density at radius 1 is 1.10 bits per heavy atom. The first-order valence-electron chi connectivity index (χ1n) is 10.0. The molecule has 0 spiro atoms. The third-order valence-electron chi connectivity index (χ3n) is 5.38. The number of ether oxygens (including phenoxy) is 2. The molecule has 1 atom stereocenters. The Morgan fingerprint density at radius 2 is 1.90 bits per heavy atom. The van der Waals surface area contributed by atoms with Crippen molar-refractivity contribution in [3.8, 4) is 22.8 Å². The van der Waals surface area contributed by atoms with Crippen LogP contribution >= 0.6 is 0 Å². The maximum absolute atomic E-state index is 12.9. The Hall–Kier alpha value is -3.54. The third-order valence-corrected chi connectivity index (χ3v) is 5.38. The van der Waals surface area contributed by atoms with Crippen LogP contribution in [0.5, 0.6) is 11.5 Å². The van der Waals surface area contributed by atoms with Crippen molar-refractivity contribution in [1.82, 2.24) is 15.3 Å². The van der Waals surface area contributed by atoms with Gasteiger partial charge in [-0.05, 0) is 43.7 Å². The molecular weight excluding hydrogens is 378 g/mol. The zero-order valence-electron chi connectivity index (χ0n) is 17.6. The number of benzene rings is 2.